The summed E-state index contributed by atoms with van der Waals surface area (Å²) in [5.74, 6) is -1.94. The van der Waals surface area contributed by atoms with E-state index in [1.165, 1.54) is 6.07 Å². The standard InChI is InChI=1S/C11H15F2NO2S/c1-7(2)17(15,16)14-8(3)9-4-5-10(12)11(13)6-9/h4-8,14H,1-3H3. The molecule has 0 amide bonds. The molecule has 3 nitrogen and oxygen atoms in total. The molecule has 0 aromatic heterocycles. The second-order valence-corrected chi connectivity index (χ2v) is 6.38. The number of benzene rings is 1. The van der Waals surface area contributed by atoms with Crippen LogP contribution in [0.4, 0.5) is 8.78 Å². The quantitative estimate of drug-likeness (QED) is 0.906. The second-order valence-electron chi connectivity index (χ2n) is 4.11. The maximum Gasteiger partial charge on any atom is 0.214 e. The maximum absolute atomic E-state index is 13.0. The second kappa shape index (κ2) is 5.10. The lowest BCUT2D eigenvalue weighted by Crippen LogP contribution is -2.32. The largest absolute Gasteiger partial charge is 0.214 e. The molecule has 1 atom stereocenters. The summed E-state index contributed by atoms with van der Waals surface area (Å²) in [5, 5.41) is -0.574. The van der Waals surface area contributed by atoms with Crippen molar-refractivity contribution in [3.8, 4) is 0 Å². The van der Waals surface area contributed by atoms with Crippen LogP contribution in [-0.4, -0.2) is 13.7 Å². The molecule has 0 saturated heterocycles. The highest BCUT2D eigenvalue weighted by atomic mass is 32.2. The van der Waals surface area contributed by atoms with Gasteiger partial charge in [-0.3, -0.25) is 0 Å². The van der Waals surface area contributed by atoms with E-state index >= 15 is 0 Å². The minimum absolute atomic E-state index is 0.383. The lowest BCUT2D eigenvalue weighted by molar-refractivity contribution is 0.504. The van der Waals surface area contributed by atoms with Crippen molar-refractivity contribution in [3.63, 3.8) is 0 Å². The zero-order chi connectivity index (χ0) is 13.2. The molecule has 17 heavy (non-hydrogen) atoms. The highest BCUT2D eigenvalue weighted by Crippen LogP contribution is 2.17. The van der Waals surface area contributed by atoms with Gasteiger partial charge in [0.1, 0.15) is 0 Å². The van der Waals surface area contributed by atoms with Gasteiger partial charge in [0.15, 0.2) is 11.6 Å². The lowest BCUT2D eigenvalue weighted by atomic mass is 10.1. The van der Waals surface area contributed by atoms with Crippen molar-refractivity contribution in [3.05, 3.63) is 35.4 Å². The molecule has 0 radical (unpaired) electrons. The first-order valence-electron chi connectivity index (χ1n) is 5.20. The first-order chi connectivity index (χ1) is 7.74. The van der Waals surface area contributed by atoms with E-state index in [0.29, 0.717) is 5.56 Å². The fraction of sp³-hybridized carbons (Fsp3) is 0.455. The summed E-state index contributed by atoms with van der Waals surface area (Å²) < 4.78 is 51.3. The van der Waals surface area contributed by atoms with Crippen LogP contribution >= 0.6 is 0 Å². The fourth-order valence-electron chi connectivity index (χ4n) is 1.23. The smallest absolute Gasteiger partial charge is 0.212 e. The van der Waals surface area contributed by atoms with Gasteiger partial charge < -0.3 is 0 Å². The molecule has 1 aromatic rings. The van der Waals surface area contributed by atoms with E-state index in [-0.39, 0.29) is 0 Å². The van der Waals surface area contributed by atoms with E-state index in [9.17, 15) is 17.2 Å². The predicted molar refractivity (Wildman–Crippen MR) is 62.0 cm³/mol. The van der Waals surface area contributed by atoms with E-state index in [0.717, 1.165) is 12.1 Å². The van der Waals surface area contributed by atoms with Gasteiger partial charge in [0.05, 0.1) is 5.25 Å². The molecule has 6 heteroatoms. The van der Waals surface area contributed by atoms with Crippen LogP contribution in [0.3, 0.4) is 0 Å². The van der Waals surface area contributed by atoms with E-state index < -0.39 is 32.9 Å². The third-order valence-electron chi connectivity index (χ3n) is 2.41. The van der Waals surface area contributed by atoms with Gasteiger partial charge in [-0.05, 0) is 38.5 Å². The zero-order valence-electron chi connectivity index (χ0n) is 9.87. The van der Waals surface area contributed by atoms with Crippen molar-refractivity contribution < 1.29 is 17.2 Å². The van der Waals surface area contributed by atoms with Gasteiger partial charge in [-0.25, -0.2) is 21.9 Å². The molecule has 0 aliphatic rings. The van der Waals surface area contributed by atoms with Crippen molar-refractivity contribution in [1.82, 2.24) is 4.72 Å². The normalized spacial score (nSPS) is 14.0. The topological polar surface area (TPSA) is 46.2 Å². The Morgan fingerprint density at radius 2 is 1.71 bits per heavy atom. The molecular weight excluding hydrogens is 248 g/mol. The number of hydrogen-bond acceptors (Lipinski definition) is 2. The average molecular weight is 263 g/mol. The van der Waals surface area contributed by atoms with Crippen LogP contribution in [0.5, 0.6) is 0 Å². The maximum atomic E-state index is 13.0. The van der Waals surface area contributed by atoms with Crippen molar-refractivity contribution >= 4 is 10.0 Å². The minimum Gasteiger partial charge on any atom is -0.212 e. The summed E-state index contributed by atoms with van der Waals surface area (Å²) in [6.45, 7) is 4.66. The molecule has 0 aliphatic heterocycles. The molecule has 0 aliphatic carbocycles. The Labute approximate surface area is 99.9 Å². The highest BCUT2D eigenvalue weighted by molar-refractivity contribution is 7.90. The van der Waals surface area contributed by atoms with Crippen LogP contribution in [-0.2, 0) is 10.0 Å². The Morgan fingerprint density at radius 3 is 2.18 bits per heavy atom. The Kier molecular flexibility index (Phi) is 4.21. The molecule has 1 aromatic carbocycles. The molecule has 0 bridgehead atoms. The van der Waals surface area contributed by atoms with Crippen LogP contribution in [0.25, 0.3) is 0 Å². The van der Waals surface area contributed by atoms with E-state index in [2.05, 4.69) is 4.72 Å². The van der Waals surface area contributed by atoms with Gasteiger partial charge in [0.25, 0.3) is 0 Å². The van der Waals surface area contributed by atoms with E-state index in [4.69, 9.17) is 0 Å². The van der Waals surface area contributed by atoms with E-state index in [1.807, 2.05) is 0 Å². The van der Waals surface area contributed by atoms with Crippen LogP contribution < -0.4 is 4.72 Å². The van der Waals surface area contributed by atoms with E-state index in [1.54, 1.807) is 20.8 Å². The van der Waals surface area contributed by atoms with Crippen LogP contribution in [0.2, 0.25) is 0 Å². The third-order valence-corrected chi connectivity index (χ3v) is 4.33. The number of halogens is 2. The number of nitrogens with one attached hydrogen (secondary N) is 1. The summed E-state index contributed by atoms with van der Waals surface area (Å²) in [6, 6.07) is 2.72. The van der Waals surface area contributed by atoms with Gasteiger partial charge in [-0.1, -0.05) is 6.07 Å². The summed E-state index contributed by atoms with van der Waals surface area (Å²) in [4.78, 5) is 0. The first kappa shape index (κ1) is 14.1. The third kappa shape index (κ3) is 3.47. The summed E-state index contributed by atoms with van der Waals surface area (Å²) in [7, 11) is -3.43. The number of rotatable bonds is 4. The Morgan fingerprint density at radius 1 is 1.12 bits per heavy atom. The van der Waals surface area contributed by atoms with Crippen LogP contribution in [0, 0.1) is 11.6 Å². The molecule has 0 fully saturated rings. The van der Waals surface area contributed by atoms with Crippen molar-refractivity contribution in [2.24, 2.45) is 0 Å². The molecule has 0 saturated carbocycles. The summed E-state index contributed by atoms with van der Waals surface area (Å²) >= 11 is 0. The average Bonchev–Trinajstić information content (AvgIpc) is 2.21. The van der Waals surface area contributed by atoms with Gasteiger partial charge in [0, 0.05) is 6.04 Å². The molecule has 1 rings (SSSR count). The molecule has 0 spiro atoms. The zero-order valence-corrected chi connectivity index (χ0v) is 10.7. The number of hydrogen-bond donors (Lipinski definition) is 1. The summed E-state index contributed by atoms with van der Waals surface area (Å²) in [6.07, 6.45) is 0. The van der Waals surface area contributed by atoms with Crippen molar-refractivity contribution in [2.45, 2.75) is 32.1 Å². The SMILES string of the molecule is CC(NS(=O)(=O)C(C)C)c1ccc(F)c(F)c1. The van der Waals surface area contributed by atoms with Gasteiger partial charge >= 0.3 is 0 Å². The first-order valence-corrected chi connectivity index (χ1v) is 6.74. The predicted octanol–water partition coefficient (Wildman–Crippen LogP) is 2.35. The van der Waals surface area contributed by atoms with Crippen molar-refractivity contribution in [2.75, 3.05) is 0 Å². The summed E-state index contributed by atoms with van der Waals surface area (Å²) in [5.41, 5.74) is 0.383. The lowest BCUT2D eigenvalue weighted by Gasteiger charge is -2.16. The van der Waals surface area contributed by atoms with Crippen LogP contribution in [0.1, 0.15) is 32.4 Å². The Balaban J connectivity index is 2.91. The van der Waals surface area contributed by atoms with Gasteiger partial charge in [-0.2, -0.15) is 0 Å². The molecule has 0 heterocycles. The van der Waals surface area contributed by atoms with Gasteiger partial charge in [0.2, 0.25) is 10.0 Å². The Bertz CT molecular complexity index is 500. The monoisotopic (exact) mass is 263 g/mol. The molecular formula is C11H15F2NO2S. The fourth-order valence-corrected chi connectivity index (χ4v) is 2.13. The molecule has 96 valence electrons. The molecule has 1 unspecified atom stereocenters. The Hall–Kier alpha value is -1.01. The van der Waals surface area contributed by atoms with Gasteiger partial charge in [-0.15, -0.1) is 0 Å². The highest BCUT2D eigenvalue weighted by Gasteiger charge is 2.20. The minimum atomic E-state index is -3.43. The number of sulfonamides is 1. The van der Waals surface area contributed by atoms with Crippen LogP contribution in [0.15, 0.2) is 18.2 Å². The van der Waals surface area contributed by atoms with Crippen molar-refractivity contribution in [1.29, 1.82) is 0 Å². The molecule has 1 N–H and O–H groups in total.